The van der Waals surface area contributed by atoms with Gasteiger partial charge in [0.15, 0.2) is 0 Å². The van der Waals surface area contributed by atoms with Gasteiger partial charge in [-0.25, -0.2) is 9.18 Å². The molecule has 0 aliphatic carbocycles. The molecule has 2 rings (SSSR count). The van der Waals surface area contributed by atoms with Crippen LogP contribution in [0, 0.1) is 11.2 Å². The van der Waals surface area contributed by atoms with E-state index in [4.69, 9.17) is 5.11 Å². The molecule has 0 radical (unpaired) electrons. The molecule has 1 aliphatic rings. The second kappa shape index (κ2) is 4.69. The van der Waals surface area contributed by atoms with E-state index in [0.717, 1.165) is 19.5 Å². The number of hydrogen-bond donors (Lipinski definition) is 1. The van der Waals surface area contributed by atoms with E-state index in [9.17, 15) is 9.18 Å². The van der Waals surface area contributed by atoms with Crippen LogP contribution in [-0.4, -0.2) is 29.1 Å². The largest absolute Gasteiger partial charge is 0.478 e. The lowest BCUT2D eigenvalue weighted by molar-refractivity contribution is 0.0696. The van der Waals surface area contributed by atoms with E-state index >= 15 is 0 Å². The molecule has 0 saturated carbocycles. The lowest BCUT2D eigenvalue weighted by Crippen LogP contribution is -2.23. The normalized spacial score (nSPS) is 19.1. The summed E-state index contributed by atoms with van der Waals surface area (Å²) in [6.45, 7) is 6.72. The highest BCUT2D eigenvalue weighted by atomic mass is 19.1. The zero-order valence-electron chi connectivity index (χ0n) is 10.7. The summed E-state index contributed by atoms with van der Waals surface area (Å²) in [5, 5.41) is 8.91. The summed E-state index contributed by atoms with van der Waals surface area (Å²) >= 11 is 0. The third kappa shape index (κ3) is 2.88. The summed E-state index contributed by atoms with van der Waals surface area (Å²) < 4.78 is 13.7. The summed E-state index contributed by atoms with van der Waals surface area (Å²) in [6.07, 6.45) is 1.09. The van der Waals surface area contributed by atoms with Gasteiger partial charge in [-0.15, -0.1) is 0 Å². The molecular formula is C14H18FNO2. The van der Waals surface area contributed by atoms with Crippen LogP contribution in [0.25, 0.3) is 0 Å². The van der Waals surface area contributed by atoms with Gasteiger partial charge in [0.25, 0.3) is 0 Å². The summed E-state index contributed by atoms with van der Waals surface area (Å²) in [5.74, 6) is -1.34. The molecule has 1 heterocycles. The second-order valence-corrected chi connectivity index (χ2v) is 5.74. The standard InChI is InChI=1S/C14H18FNO2/c1-14(2)5-6-16(9-14)8-11-7-10(13(17)18)3-4-12(11)15/h3-4,7H,5-6,8-9H2,1-2H3,(H,17,18). The van der Waals surface area contributed by atoms with Gasteiger partial charge in [0.1, 0.15) is 5.82 Å². The van der Waals surface area contributed by atoms with Crippen LogP contribution < -0.4 is 0 Å². The van der Waals surface area contributed by atoms with E-state index < -0.39 is 5.97 Å². The van der Waals surface area contributed by atoms with Crippen LogP contribution in [-0.2, 0) is 6.54 Å². The Labute approximate surface area is 106 Å². The molecule has 98 valence electrons. The van der Waals surface area contributed by atoms with Crippen molar-refractivity contribution in [2.24, 2.45) is 5.41 Å². The van der Waals surface area contributed by atoms with E-state index in [1.165, 1.54) is 18.2 Å². The van der Waals surface area contributed by atoms with Gasteiger partial charge < -0.3 is 5.11 Å². The number of nitrogens with zero attached hydrogens (tertiary/aromatic N) is 1. The zero-order chi connectivity index (χ0) is 13.3. The Bertz CT molecular complexity index is 471. The zero-order valence-corrected chi connectivity index (χ0v) is 10.7. The first-order valence-corrected chi connectivity index (χ1v) is 6.11. The molecule has 1 aromatic rings. The lowest BCUT2D eigenvalue weighted by Gasteiger charge is -2.20. The molecule has 1 aromatic carbocycles. The number of aromatic carboxylic acids is 1. The molecule has 1 fully saturated rings. The number of hydrogen-bond acceptors (Lipinski definition) is 2. The average molecular weight is 251 g/mol. The highest BCUT2D eigenvalue weighted by Gasteiger charge is 2.29. The minimum atomic E-state index is -1.02. The third-order valence-corrected chi connectivity index (χ3v) is 3.44. The van der Waals surface area contributed by atoms with Crippen molar-refractivity contribution in [1.82, 2.24) is 4.90 Å². The molecule has 0 bridgehead atoms. The Morgan fingerprint density at radius 3 is 2.78 bits per heavy atom. The fraction of sp³-hybridized carbons (Fsp3) is 0.500. The van der Waals surface area contributed by atoms with E-state index in [0.29, 0.717) is 12.1 Å². The number of carboxylic acids is 1. The highest BCUT2D eigenvalue weighted by Crippen LogP contribution is 2.30. The Balaban J connectivity index is 2.14. The quantitative estimate of drug-likeness (QED) is 0.898. The van der Waals surface area contributed by atoms with Crippen molar-refractivity contribution in [3.63, 3.8) is 0 Å². The van der Waals surface area contributed by atoms with Gasteiger partial charge in [0, 0.05) is 18.7 Å². The van der Waals surface area contributed by atoms with Crippen LogP contribution >= 0.6 is 0 Å². The summed E-state index contributed by atoms with van der Waals surface area (Å²) in [4.78, 5) is 13.0. The van der Waals surface area contributed by atoms with Crippen molar-refractivity contribution in [3.8, 4) is 0 Å². The van der Waals surface area contributed by atoms with Crippen molar-refractivity contribution in [2.45, 2.75) is 26.8 Å². The Kier molecular flexibility index (Phi) is 3.39. The van der Waals surface area contributed by atoms with Crippen molar-refractivity contribution in [1.29, 1.82) is 0 Å². The molecule has 18 heavy (non-hydrogen) atoms. The van der Waals surface area contributed by atoms with Gasteiger partial charge in [0.2, 0.25) is 0 Å². The van der Waals surface area contributed by atoms with Crippen molar-refractivity contribution < 1.29 is 14.3 Å². The second-order valence-electron chi connectivity index (χ2n) is 5.74. The van der Waals surface area contributed by atoms with E-state index in [-0.39, 0.29) is 16.8 Å². The predicted molar refractivity (Wildman–Crippen MR) is 67.0 cm³/mol. The van der Waals surface area contributed by atoms with Crippen LogP contribution in [0.4, 0.5) is 4.39 Å². The molecule has 0 aromatic heterocycles. The molecule has 0 atom stereocenters. The minimum absolute atomic E-state index is 0.143. The number of benzene rings is 1. The van der Waals surface area contributed by atoms with Crippen LogP contribution in [0.15, 0.2) is 18.2 Å². The van der Waals surface area contributed by atoms with Crippen LogP contribution in [0.3, 0.4) is 0 Å². The van der Waals surface area contributed by atoms with Gasteiger partial charge >= 0.3 is 5.97 Å². The number of carbonyl (C=O) groups is 1. The average Bonchev–Trinajstić information content (AvgIpc) is 2.61. The maximum absolute atomic E-state index is 13.7. The van der Waals surface area contributed by atoms with Crippen LogP contribution in [0.1, 0.15) is 36.2 Å². The summed E-state index contributed by atoms with van der Waals surface area (Å²) in [6, 6.07) is 3.97. The minimum Gasteiger partial charge on any atom is -0.478 e. The predicted octanol–water partition coefficient (Wildman–Crippen LogP) is 2.76. The molecule has 0 unspecified atom stereocenters. The monoisotopic (exact) mass is 251 g/mol. The number of likely N-dealkylation sites (tertiary alicyclic amines) is 1. The number of carboxylic acid groups (broad SMARTS) is 1. The first-order chi connectivity index (χ1) is 8.37. The smallest absolute Gasteiger partial charge is 0.335 e. The van der Waals surface area contributed by atoms with E-state index in [1.807, 2.05) is 0 Å². The molecule has 0 amide bonds. The maximum Gasteiger partial charge on any atom is 0.335 e. The van der Waals surface area contributed by atoms with Gasteiger partial charge in [0.05, 0.1) is 5.56 Å². The SMILES string of the molecule is CC1(C)CCN(Cc2cc(C(=O)O)ccc2F)C1. The summed E-state index contributed by atoms with van der Waals surface area (Å²) in [5.41, 5.74) is 0.874. The van der Waals surface area contributed by atoms with Crippen LogP contribution in [0.2, 0.25) is 0 Å². The first-order valence-electron chi connectivity index (χ1n) is 6.11. The molecule has 1 saturated heterocycles. The highest BCUT2D eigenvalue weighted by molar-refractivity contribution is 5.87. The van der Waals surface area contributed by atoms with Gasteiger partial charge in [-0.1, -0.05) is 13.8 Å². The Hall–Kier alpha value is -1.42. The van der Waals surface area contributed by atoms with Crippen LogP contribution in [0.5, 0.6) is 0 Å². The molecule has 0 spiro atoms. The lowest BCUT2D eigenvalue weighted by atomic mass is 9.93. The van der Waals surface area contributed by atoms with Gasteiger partial charge in [-0.05, 0) is 36.6 Å². The maximum atomic E-state index is 13.7. The molecule has 4 heteroatoms. The fourth-order valence-electron chi connectivity index (χ4n) is 2.43. The van der Waals surface area contributed by atoms with Gasteiger partial charge in [-0.2, -0.15) is 0 Å². The third-order valence-electron chi connectivity index (χ3n) is 3.44. The topological polar surface area (TPSA) is 40.5 Å². The van der Waals surface area contributed by atoms with Gasteiger partial charge in [-0.3, -0.25) is 4.90 Å². The number of halogens is 1. The van der Waals surface area contributed by atoms with Crippen molar-refractivity contribution in [2.75, 3.05) is 13.1 Å². The Morgan fingerprint density at radius 2 is 2.22 bits per heavy atom. The summed E-state index contributed by atoms with van der Waals surface area (Å²) in [7, 11) is 0. The molecular weight excluding hydrogens is 233 g/mol. The van der Waals surface area contributed by atoms with Crippen molar-refractivity contribution >= 4 is 5.97 Å². The van der Waals surface area contributed by atoms with E-state index in [2.05, 4.69) is 18.7 Å². The number of rotatable bonds is 3. The molecule has 1 aliphatic heterocycles. The Morgan fingerprint density at radius 1 is 1.50 bits per heavy atom. The molecule has 3 nitrogen and oxygen atoms in total. The first kappa shape index (κ1) is 13.0. The fourth-order valence-corrected chi connectivity index (χ4v) is 2.43. The van der Waals surface area contributed by atoms with E-state index in [1.54, 1.807) is 0 Å². The molecule has 1 N–H and O–H groups in total. The van der Waals surface area contributed by atoms with Crippen molar-refractivity contribution in [3.05, 3.63) is 35.1 Å².